The van der Waals surface area contributed by atoms with E-state index >= 15 is 0 Å². The van der Waals surface area contributed by atoms with Gasteiger partial charge in [-0.1, -0.05) is 32.9 Å². The van der Waals surface area contributed by atoms with E-state index < -0.39 is 8.32 Å². The molecular weight excluding hydrogens is 296 g/mol. The average molecular weight is 324 g/mol. The van der Waals surface area contributed by atoms with Crippen LogP contribution in [0, 0.1) is 0 Å². The minimum Gasteiger partial charge on any atom is -0.497 e. The predicted molar refractivity (Wildman–Crippen MR) is 90.7 cm³/mol. The molecule has 0 aliphatic heterocycles. The van der Waals surface area contributed by atoms with Crippen LogP contribution in [0.3, 0.4) is 0 Å². The molecule has 4 nitrogen and oxygen atoms in total. The molecule has 0 bridgehead atoms. The summed E-state index contributed by atoms with van der Waals surface area (Å²) in [6.45, 7) is 10.9. The van der Waals surface area contributed by atoms with Gasteiger partial charge in [-0.25, -0.2) is 0 Å². The zero-order chi connectivity index (χ0) is 17.0. The van der Waals surface area contributed by atoms with Crippen LogP contribution in [0.25, 0.3) is 0 Å². The van der Waals surface area contributed by atoms with Gasteiger partial charge in [-0.2, -0.15) is 0 Å². The van der Waals surface area contributed by atoms with Gasteiger partial charge in [-0.3, -0.25) is 4.79 Å². The summed E-state index contributed by atoms with van der Waals surface area (Å²) < 4.78 is 16.4. The van der Waals surface area contributed by atoms with Gasteiger partial charge in [0.15, 0.2) is 8.32 Å². The Kier molecular flexibility index (Phi) is 6.20. The molecule has 0 N–H and O–H groups in total. The Morgan fingerprint density at radius 3 is 2.09 bits per heavy atom. The van der Waals surface area contributed by atoms with Crippen molar-refractivity contribution in [3.05, 3.63) is 29.8 Å². The maximum atomic E-state index is 11.7. The van der Waals surface area contributed by atoms with Crippen molar-refractivity contribution in [3.63, 3.8) is 0 Å². The Balaban J connectivity index is 3.04. The Morgan fingerprint density at radius 2 is 1.68 bits per heavy atom. The summed E-state index contributed by atoms with van der Waals surface area (Å²) in [5.41, 5.74) is 0.969. The van der Waals surface area contributed by atoms with E-state index in [2.05, 4.69) is 33.9 Å². The van der Waals surface area contributed by atoms with Crippen LogP contribution in [-0.4, -0.2) is 28.5 Å². The van der Waals surface area contributed by atoms with Crippen molar-refractivity contribution in [1.82, 2.24) is 0 Å². The van der Waals surface area contributed by atoms with Crippen molar-refractivity contribution >= 4 is 14.3 Å². The molecule has 0 heterocycles. The number of methoxy groups -OCH3 is 2. The zero-order valence-electron chi connectivity index (χ0n) is 14.7. The molecule has 1 unspecified atom stereocenters. The molecule has 124 valence electrons. The van der Waals surface area contributed by atoms with Gasteiger partial charge in [-0.05, 0) is 35.8 Å². The summed E-state index contributed by atoms with van der Waals surface area (Å²) in [7, 11) is 1.04. The summed E-state index contributed by atoms with van der Waals surface area (Å²) in [6.07, 6.45) is -0.0748. The van der Waals surface area contributed by atoms with Gasteiger partial charge in [0.1, 0.15) is 5.75 Å². The van der Waals surface area contributed by atoms with Crippen LogP contribution in [0.2, 0.25) is 18.1 Å². The predicted octanol–water partition coefficient (Wildman–Crippen LogP) is 4.32. The van der Waals surface area contributed by atoms with Crippen LogP contribution in [0.4, 0.5) is 0 Å². The molecule has 0 amide bonds. The number of hydrogen-bond donors (Lipinski definition) is 0. The smallest absolute Gasteiger partial charge is 0.308 e. The van der Waals surface area contributed by atoms with Crippen LogP contribution in [0.5, 0.6) is 5.75 Å². The fraction of sp³-hybridized carbons (Fsp3) is 0.588. The van der Waals surface area contributed by atoms with Crippen molar-refractivity contribution < 1.29 is 18.7 Å². The molecule has 1 aromatic carbocycles. The minimum atomic E-state index is -1.99. The second-order valence-corrected chi connectivity index (χ2v) is 11.7. The molecule has 0 saturated heterocycles. The third-order valence-electron chi connectivity index (χ3n) is 4.31. The van der Waals surface area contributed by atoms with Crippen LogP contribution in [0.15, 0.2) is 24.3 Å². The van der Waals surface area contributed by atoms with Crippen molar-refractivity contribution in [2.75, 3.05) is 14.2 Å². The van der Waals surface area contributed by atoms with Gasteiger partial charge in [0.05, 0.1) is 26.7 Å². The lowest BCUT2D eigenvalue weighted by atomic mass is 10.1. The highest BCUT2D eigenvalue weighted by molar-refractivity contribution is 6.74. The number of benzene rings is 1. The Hall–Kier alpha value is -1.33. The number of ether oxygens (including phenoxy) is 2. The fourth-order valence-corrected chi connectivity index (χ4v) is 3.10. The third-order valence-corrected chi connectivity index (χ3v) is 8.80. The standard InChI is InChI=1S/C17H28O4Si/c1-17(2,3)22(6,7)21-15(12-16(18)20-5)13-8-10-14(19-4)11-9-13/h8-11,15H,12H2,1-7H3. The maximum absolute atomic E-state index is 11.7. The largest absolute Gasteiger partial charge is 0.497 e. The van der Waals surface area contributed by atoms with Crippen LogP contribution in [0.1, 0.15) is 38.9 Å². The van der Waals surface area contributed by atoms with E-state index in [0.717, 1.165) is 11.3 Å². The highest BCUT2D eigenvalue weighted by Gasteiger charge is 2.40. The molecular formula is C17H28O4Si. The first kappa shape index (κ1) is 18.7. The van der Waals surface area contributed by atoms with E-state index in [0.29, 0.717) is 0 Å². The Morgan fingerprint density at radius 1 is 1.14 bits per heavy atom. The molecule has 0 aliphatic rings. The van der Waals surface area contributed by atoms with Crippen molar-refractivity contribution in [2.24, 2.45) is 0 Å². The number of carbonyl (C=O) groups is 1. The van der Waals surface area contributed by atoms with Gasteiger partial charge in [0.2, 0.25) is 0 Å². The zero-order valence-corrected chi connectivity index (χ0v) is 15.7. The highest BCUT2D eigenvalue weighted by Crippen LogP contribution is 2.40. The number of rotatable bonds is 6. The molecule has 1 rings (SSSR count). The van der Waals surface area contributed by atoms with E-state index in [9.17, 15) is 4.79 Å². The number of esters is 1. The van der Waals surface area contributed by atoms with E-state index in [4.69, 9.17) is 13.9 Å². The monoisotopic (exact) mass is 324 g/mol. The van der Waals surface area contributed by atoms with Gasteiger partial charge in [0.25, 0.3) is 0 Å². The number of hydrogen-bond acceptors (Lipinski definition) is 4. The average Bonchev–Trinajstić information content (AvgIpc) is 2.45. The molecule has 0 radical (unpaired) electrons. The topological polar surface area (TPSA) is 44.8 Å². The second-order valence-electron chi connectivity index (χ2n) is 6.92. The Labute approximate surface area is 134 Å². The van der Waals surface area contributed by atoms with Gasteiger partial charge < -0.3 is 13.9 Å². The van der Waals surface area contributed by atoms with Gasteiger partial charge in [0, 0.05) is 0 Å². The SMILES string of the molecule is COC(=O)CC(O[Si](C)(C)C(C)(C)C)c1ccc(OC)cc1. The van der Waals surface area contributed by atoms with Crippen LogP contribution in [-0.2, 0) is 14.0 Å². The third kappa shape index (κ3) is 4.85. The molecule has 5 heteroatoms. The minimum absolute atomic E-state index is 0.0772. The summed E-state index contributed by atoms with van der Waals surface area (Å²) in [6, 6.07) is 7.66. The summed E-state index contributed by atoms with van der Waals surface area (Å²) in [5.74, 6) is 0.521. The first-order chi connectivity index (χ1) is 10.1. The fourth-order valence-electron chi connectivity index (χ4n) is 1.81. The van der Waals surface area contributed by atoms with Crippen LogP contribution < -0.4 is 4.74 Å². The summed E-state index contributed by atoms with van der Waals surface area (Å²) >= 11 is 0. The molecule has 1 atom stereocenters. The lowest BCUT2D eigenvalue weighted by Gasteiger charge is -2.39. The molecule has 0 aromatic heterocycles. The van der Waals surface area contributed by atoms with E-state index in [1.54, 1.807) is 7.11 Å². The normalized spacial score (nSPS) is 13.6. The lowest BCUT2D eigenvalue weighted by molar-refractivity contribution is -0.142. The van der Waals surface area contributed by atoms with Crippen molar-refractivity contribution in [1.29, 1.82) is 0 Å². The molecule has 0 fully saturated rings. The first-order valence-electron chi connectivity index (χ1n) is 7.49. The number of carbonyl (C=O) groups excluding carboxylic acids is 1. The molecule has 0 aliphatic carbocycles. The molecule has 0 saturated carbocycles. The molecule has 1 aromatic rings. The molecule has 0 spiro atoms. The Bertz CT molecular complexity index is 488. The highest BCUT2D eigenvalue weighted by atomic mass is 28.4. The van der Waals surface area contributed by atoms with E-state index in [1.165, 1.54) is 7.11 Å². The quantitative estimate of drug-likeness (QED) is 0.577. The first-order valence-corrected chi connectivity index (χ1v) is 10.4. The van der Waals surface area contributed by atoms with Crippen molar-refractivity contribution in [2.45, 2.75) is 51.4 Å². The van der Waals surface area contributed by atoms with E-state index in [-0.39, 0.29) is 23.5 Å². The molecule has 22 heavy (non-hydrogen) atoms. The van der Waals surface area contributed by atoms with Crippen LogP contribution >= 0.6 is 0 Å². The second kappa shape index (κ2) is 7.29. The van der Waals surface area contributed by atoms with Crippen molar-refractivity contribution in [3.8, 4) is 5.75 Å². The summed E-state index contributed by atoms with van der Waals surface area (Å²) in [4.78, 5) is 11.7. The lowest BCUT2D eigenvalue weighted by Crippen LogP contribution is -2.42. The van der Waals surface area contributed by atoms with Gasteiger partial charge >= 0.3 is 5.97 Å². The summed E-state index contributed by atoms with van der Waals surface area (Å²) in [5, 5.41) is 0.0772. The maximum Gasteiger partial charge on any atom is 0.308 e. The van der Waals surface area contributed by atoms with Gasteiger partial charge in [-0.15, -0.1) is 0 Å². The van der Waals surface area contributed by atoms with E-state index in [1.807, 2.05) is 24.3 Å².